The molecule has 0 bridgehead atoms. The number of halogens is 1. The SMILES string of the molecule is Cc1cccc(COc2ccc3ccccc3c2/C=C2/C(=O)NC(=O)N(c3ccccc3F)C2=O)c1. The third-order valence-electron chi connectivity index (χ3n) is 5.89. The Labute approximate surface area is 206 Å². The van der Waals surface area contributed by atoms with Gasteiger partial charge in [0.2, 0.25) is 0 Å². The Morgan fingerprint density at radius 3 is 2.50 bits per heavy atom. The standard InChI is InChI=1S/C29H21FN2O4/c1-18-7-6-8-19(15-18)17-36-26-14-13-20-9-2-3-10-21(20)22(26)16-23-27(33)31-29(35)32(28(23)34)25-12-5-4-11-24(25)30/h2-16H,17H2,1H3,(H,31,33,35)/b23-16-. The van der Waals surface area contributed by atoms with Crippen molar-refractivity contribution >= 4 is 40.4 Å². The van der Waals surface area contributed by atoms with Crippen LogP contribution < -0.4 is 15.0 Å². The van der Waals surface area contributed by atoms with E-state index in [4.69, 9.17) is 4.74 Å². The summed E-state index contributed by atoms with van der Waals surface area (Å²) in [7, 11) is 0. The molecule has 5 rings (SSSR count). The first-order valence-corrected chi connectivity index (χ1v) is 11.3. The highest BCUT2D eigenvalue weighted by molar-refractivity contribution is 6.39. The van der Waals surface area contributed by atoms with Crippen molar-refractivity contribution in [3.8, 4) is 5.75 Å². The minimum atomic E-state index is -1.01. The van der Waals surface area contributed by atoms with Gasteiger partial charge in [-0.1, -0.05) is 72.3 Å². The number of para-hydroxylation sites is 1. The lowest BCUT2D eigenvalue weighted by Gasteiger charge is -2.26. The van der Waals surface area contributed by atoms with E-state index in [1.165, 1.54) is 24.3 Å². The van der Waals surface area contributed by atoms with Crippen LogP contribution in [0.25, 0.3) is 16.8 Å². The maximum Gasteiger partial charge on any atom is 0.336 e. The Hall–Kier alpha value is -4.78. The highest BCUT2D eigenvalue weighted by atomic mass is 19.1. The molecule has 0 aromatic heterocycles. The van der Waals surface area contributed by atoms with E-state index >= 15 is 0 Å². The van der Waals surface area contributed by atoms with Gasteiger partial charge in [0.25, 0.3) is 11.8 Å². The number of imide groups is 2. The molecule has 178 valence electrons. The molecule has 1 N–H and O–H groups in total. The van der Waals surface area contributed by atoms with Crippen LogP contribution in [0.1, 0.15) is 16.7 Å². The van der Waals surface area contributed by atoms with Crippen LogP contribution in [0.3, 0.4) is 0 Å². The topological polar surface area (TPSA) is 75.7 Å². The Morgan fingerprint density at radius 1 is 0.917 bits per heavy atom. The number of hydrogen-bond acceptors (Lipinski definition) is 4. The lowest BCUT2D eigenvalue weighted by atomic mass is 9.99. The van der Waals surface area contributed by atoms with Gasteiger partial charge in [-0.15, -0.1) is 0 Å². The predicted octanol–water partition coefficient (Wildman–Crippen LogP) is 5.53. The fraction of sp³-hybridized carbons (Fsp3) is 0.0690. The lowest BCUT2D eigenvalue weighted by molar-refractivity contribution is -0.122. The second kappa shape index (κ2) is 9.46. The maximum absolute atomic E-state index is 14.4. The molecule has 0 unspecified atom stereocenters. The van der Waals surface area contributed by atoms with Crippen molar-refractivity contribution in [1.29, 1.82) is 0 Å². The second-order valence-electron chi connectivity index (χ2n) is 8.39. The lowest BCUT2D eigenvalue weighted by Crippen LogP contribution is -2.54. The average Bonchev–Trinajstić information content (AvgIpc) is 2.86. The molecule has 36 heavy (non-hydrogen) atoms. The summed E-state index contributed by atoms with van der Waals surface area (Å²) in [5.41, 5.74) is 2.01. The number of nitrogens with zero attached hydrogens (tertiary/aromatic N) is 1. The minimum Gasteiger partial charge on any atom is -0.488 e. The first-order chi connectivity index (χ1) is 17.4. The zero-order chi connectivity index (χ0) is 25.2. The number of rotatable bonds is 5. The summed E-state index contributed by atoms with van der Waals surface area (Å²) < 4.78 is 20.6. The summed E-state index contributed by atoms with van der Waals surface area (Å²) in [4.78, 5) is 39.2. The molecule has 6 nitrogen and oxygen atoms in total. The van der Waals surface area contributed by atoms with Crippen molar-refractivity contribution in [3.63, 3.8) is 0 Å². The molecular formula is C29H21FN2O4. The van der Waals surface area contributed by atoms with E-state index in [9.17, 15) is 18.8 Å². The van der Waals surface area contributed by atoms with E-state index < -0.39 is 23.7 Å². The molecule has 4 amide bonds. The van der Waals surface area contributed by atoms with Crippen LogP contribution in [-0.2, 0) is 16.2 Å². The first kappa shape index (κ1) is 23.0. The number of barbiturate groups is 1. The second-order valence-corrected chi connectivity index (χ2v) is 8.39. The highest BCUT2D eigenvalue weighted by Crippen LogP contribution is 2.32. The van der Waals surface area contributed by atoms with Crippen molar-refractivity contribution in [2.24, 2.45) is 0 Å². The Bertz CT molecular complexity index is 1560. The number of benzene rings is 4. The molecule has 1 aliphatic rings. The largest absolute Gasteiger partial charge is 0.488 e. The fourth-order valence-electron chi connectivity index (χ4n) is 4.17. The van der Waals surface area contributed by atoms with E-state index in [0.29, 0.717) is 16.2 Å². The van der Waals surface area contributed by atoms with E-state index in [2.05, 4.69) is 5.32 Å². The molecule has 0 atom stereocenters. The summed E-state index contributed by atoms with van der Waals surface area (Å²) in [6.07, 6.45) is 1.39. The highest BCUT2D eigenvalue weighted by Gasteiger charge is 2.38. The summed E-state index contributed by atoms with van der Waals surface area (Å²) in [6.45, 7) is 2.27. The Morgan fingerprint density at radius 2 is 1.69 bits per heavy atom. The van der Waals surface area contributed by atoms with Gasteiger partial charge in [0, 0.05) is 5.56 Å². The van der Waals surface area contributed by atoms with Gasteiger partial charge in [0.15, 0.2) is 0 Å². The fourth-order valence-corrected chi connectivity index (χ4v) is 4.17. The van der Waals surface area contributed by atoms with Crippen molar-refractivity contribution in [2.45, 2.75) is 13.5 Å². The van der Waals surface area contributed by atoms with Gasteiger partial charge in [-0.25, -0.2) is 14.1 Å². The van der Waals surface area contributed by atoms with Gasteiger partial charge in [-0.05, 0) is 47.5 Å². The number of fused-ring (bicyclic) bond motifs is 1. The van der Waals surface area contributed by atoms with E-state index in [0.717, 1.165) is 28.0 Å². The first-order valence-electron chi connectivity index (χ1n) is 11.3. The third-order valence-corrected chi connectivity index (χ3v) is 5.89. The van der Waals surface area contributed by atoms with Crippen LogP contribution >= 0.6 is 0 Å². The van der Waals surface area contributed by atoms with Gasteiger partial charge in [0.05, 0.1) is 5.69 Å². The minimum absolute atomic E-state index is 0.243. The van der Waals surface area contributed by atoms with Crippen molar-refractivity contribution in [3.05, 3.63) is 113 Å². The van der Waals surface area contributed by atoms with Gasteiger partial charge in [-0.2, -0.15) is 0 Å². The maximum atomic E-state index is 14.4. The number of carbonyl (C=O) groups excluding carboxylic acids is 3. The summed E-state index contributed by atoms with van der Waals surface area (Å²) in [5, 5.41) is 3.76. The van der Waals surface area contributed by atoms with Crippen LogP contribution in [0.4, 0.5) is 14.9 Å². The smallest absolute Gasteiger partial charge is 0.336 e. The van der Waals surface area contributed by atoms with Crippen molar-refractivity contribution in [1.82, 2.24) is 5.32 Å². The van der Waals surface area contributed by atoms with E-state index in [-0.39, 0.29) is 17.9 Å². The van der Waals surface area contributed by atoms with Crippen molar-refractivity contribution < 1.29 is 23.5 Å². The summed E-state index contributed by atoms with van der Waals surface area (Å²) >= 11 is 0. The van der Waals surface area contributed by atoms with Crippen LogP contribution in [0.15, 0.2) is 90.5 Å². The number of ether oxygens (including phenoxy) is 1. The zero-order valence-corrected chi connectivity index (χ0v) is 19.3. The molecule has 1 aliphatic heterocycles. The number of anilines is 1. The van der Waals surface area contributed by atoms with E-state index in [1.54, 1.807) is 6.07 Å². The quantitative estimate of drug-likeness (QED) is 0.301. The number of urea groups is 1. The molecule has 1 fully saturated rings. The third kappa shape index (κ3) is 4.34. The normalized spacial score (nSPS) is 14.9. The monoisotopic (exact) mass is 480 g/mol. The molecule has 4 aromatic carbocycles. The van der Waals surface area contributed by atoms with Gasteiger partial charge >= 0.3 is 6.03 Å². The van der Waals surface area contributed by atoms with Crippen LogP contribution in [-0.4, -0.2) is 17.8 Å². The molecular weight excluding hydrogens is 459 g/mol. The van der Waals surface area contributed by atoms with Gasteiger partial charge < -0.3 is 4.74 Å². The Kier molecular flexibility index (Phi) is 6.04. The van der Waals surface area contributed by atoms with Gasteiger partial charge in [0.1, 0.15) is 23.7 Å². The molecule has 0 radical (unpaired) electrons. The molecule has 1 heterocycles. The number of nitrogens with one attached hydrogen (secondary N) is 1. The van der Waals surface area contributed by atoms with Crippen LogP contribution in [0.5, 0.6) is 5.75 Å². The summed E-state index contributed by atoms with van der Waals surface area (Å²) in [5.74, 6) is -2.10. The number of hydrogen-bond donors (Lipinski definition) is 1. The number of aryl methyl sites for hydroxylation is 1. The molecule has 7 heteroatoms. The number of amides is 4. The molecule has 0 spiro atoms. The predicted molar refractivity (Wildman–Crippen MR) is 135 cm³/mol. The zero-order valence-electron chi connectivity index (χ0n) is 19.3. The molecule has 1 saturated heterocycles. The molecule has 4 aromatic rings. The molecule has 0 aliphatic carbocycles. The molecule has 0 saturated carbocycles. The van der Waals surface area contributed by atoms with Gasteiger partial charge in [-0.3, -0.25) is 14.9 Å². The van der Waals surface area contributed by atoms with Crippen LogP contribution in [0, 0.1) is 12.7 Å². The Balaban J connectivity index is 1.59. The number of carbonyl (C=O) groups is 3. The average molecular weight is 480 g/mol. The summed E-state index contributed by atoms with van der Waals surface area (Å²) in [6, 6.07) is 23.4. The van der Waals surface area contributed by atoms with E-state index in [1.807, 2.05) is 61.5 Å². The van der Waals surface area contributed by atoms with Crippen LogP contribution in [0.2, 0.25) is 0 Å². The van der Waals surface area contributed by atoms with Crippen molar-refractivity contribution in [2.75, 3.05) is 4.90 Å².